The van der Waals surface area contributed by atoms with Gasteiger partial charge in [-0.3, -0.25) is 4.79 Å². The largest absolute Gasteiger partial charge is 0.490 e. The molecule has 0 unspecified atom stereocenters. The lowest BCUT2D eigenvalue weighted by Gasteiger charge is -2.08. The van der Waals surface area contributed by atoms with Gasteiger partial charge in [-0.25, -0.2) is 9.37 Å². The number of Topliss-reactive ketones (excluding diaryl/α,β-unsaturated/α-hetero) is 1. The zero-order valence-electron chi connectivity index (χ0n) is 14.4. The number of nitrogens with one attached hydrogen (secondary N) is 1. The fourth-order valence-corrected chi connectivity index (χ4v) is 3.42. The zero-order valence-corrected chi connectivity index (χ0v) is 15.2. The van der Waals surface area contributed by atoms with Crippen LogP contribution in [-0.4, -0.2) is 30.5 Å². The quantitative estimate of drug-likeness (QED) is 0.661. The Kier molecular flexibility index (Phi) is 5.02. The maximum Gasteiger partial charge on any atom is 0.183 e. The molecule has 5 nitrogen and oxygen atoms in total. The number of carbonyl (C=O) groups is 1. The van der Waals surface area contributed by atoms with E-state index in [2.05, 4.69) is 10.3 Å². The molecule has 1 N–H and O–H groups in total. The van der Waals surface area contributed by atoms with Gasteiger partial charge >= 0.3 is 0 Å². The highest BCUT2D eigenvalue weighted by Gasteiger charge is 2.13. The van der Waals surface area contributed by atoms with Gasteiger partial charge in [0.2, 0.25) is 0 Å². The topological polar surface area (TPSA) is 60.5 Å². The molecule has 3 aromatic rings. The van der Waals surface area contributed by atoms with Gasteiger partial charge in [0.1, 0.15) is 5.82 Å². The minimum absolute atomic E-state index is 0.0969. The summed E-state index contributed by atoms with van der Waals surface area (Å²) in [4.78, 5) is 16.7. The monoisotopic (exact) mass is 384 g/mol. The van der Waals surface area contributed by atoms with Gasteiger partial charge in [0.25, 0.3) is 0 Å². The van der Waals surface area contributed by atoms with Crippen molar-refractivity contribution in [2.24, 2.45) is 0 Å². The number of aromatic nitrogens is 1. The molecule has 1 aliphatic heterocycles. The van der Waals surface area contributed by atoms with Gasteiger partial charge in [0, 0.05) is 22.9 Å². The smallest absolute Gasteiger partial charge is 0.183 e. The highest BCUT2D eigenvalue weighted by atomic mass is 32.1. The average Bonchev–Trinajstić information content (AvgIpc) is 3.04. The summed E-state index contributed by atoms with van der Waals surface area (Å²) in [6, 6.07) is 11.3. The number of carbonyl (C=O) groups excluding carboxylic acids is 1. The Morgan fingerprint density at radius 3 is 2.70 bits per heavy atom. The number of ketones is 1. The SMILES string of the molecule is O=C(CNc1nc(-c2ccc3c(c2)OCCCO3)cs1)c1ccc(F)cc1. The van der Waals surface area contributed by atoms with Crippen LogP contribution in [0.4, 0.5) is 9.52 Å². The fourth-order valence-electron chi connectivity index (χ4n) is 2.70. The summed E-state index contributed by atoms with van der Waals surface area (Å²) in [6.07, 6.45) is 0.858. The van der Waals surface area contributed by atoms with Crippen LogP contribution in [0.25, 0.3) is 11.3 Å². The third-order valence-electron chi connectivity index (χ3n) is 4.11. The van der Waals surface area contributed by atoms with E-state index in [1.54, 1.807) is 0 Å². The molecule has 1 aromatic heterocycles. The molecular formula is C20H17FN2O3S. The van der Waals surface area contributed by atoms with E-state index < -0.39 is 0 Å². The molecule has 7 heteroatoms. The summed E-state index contributed by atoms with van der Waals surface area (Å²) in [5.74, 6) is 0.982. The van der Waals surface area contributed by atoms with E-state index in [0.29, 0.717) is 23.9 Å². The Hall–Kier alpha value is -2.93. The predicted octanol–water partition coefficient (Wildman–Crippen LogP) is 4.41. The minimum Gasteiger partial charge on any atom is -0.490 e. The van der Waals surface area contributed by atoms with Gasteiger partial charge in [-0.2, -0.15) is 0 Å². The summed E-state index contributed by atoms with van der Waals surface area (Å²) in [5.41, 5.74) is 2.18. The van der Waals surface area contributed by atoms with Crippen LogP contribution < -0.4 is 14.8 Å². The second kappa shape index (κ2) is 7.75. The van der Waals surface area contributed by atoms with Crippen molar-refractivity contribution in [3.8, 4) is 22.8 Å². The Balaban J connectivity index is 1.43. The number of nitrogens with zero attached hydrogens (tertiary/aromatic N) is 1. The van der Waals surface area contributed by atoms with Crippen molar-refractivity contribution in [2.45, 2.75) is 6.42 Å². The molecule has 0 atom stereocenters. The van der Waals surface area contributed by atoms with Crippen LogP contribution in [0.2, 0.25) is 0 Å². The number of hydrogen-bond acceptors (Lipinski definition) is 6. The third-order valence-corrected chi connectivity index (χ3v) is 4.91. The highest BCUT2D eigenvalue weighted by molar-refractivity contribution is 7.14. The molecule has 27 heavy (non-hydrogen) atoms. The molecular weight excluding hydrogens is 367 g/mol. The maximum absolute atomic E-state index is 12.9. The molecule has 2 heterocycles. The Bertz CT molecular complexity index is 956. The average molecular weight is 384 g/mol. The van der Waals surface area contributed by atoms with Gasteiger partial charge in [-0.05, 0) is 42.5 Å². The highest BCUT2D eigenvalue weighted by Crippen LogP contribution is 2.35. The molecule has 0 bridgehead atoms. The van der Waals surface area contributed by atoms with Crippen molar-refractivity contribution in [3.05, 3.63) is 59.2 Å². The Morgan fingerprint density at radius 1 is 1.11 bits per heavy atom. The molecule has 4 rings (SSSR count). The molecule has 0 saturated carbocycles. The lowest BCUT2D eigenvalue weighted by atomic mass is 10.1. The number of thiazole rings is 1. The summed E-state index contributed by atoms with van der Waals surface area (Å²) < 4.78 is 24.3. The van der Waals surface area contributed by atoms with Crippen molar-refractivity contribution >= 4 is 22.3 Å². The van der Waals surface area contributed by atoms with Crippen molar-refractivity contribution in [2.75, 3.05) is 25.1 Å². The first-order valence-electron chi connectivity index (χ1n) is 8.57. The van der Waals surface area contributed by atoms with E-state index in [-0.39, 0.29) is 18.1 Å². The summed E-state index contributed by atoms with van der Waals surface area (Å²) in [6.45, 7) is 1.38. The predicted molar refractivity (Wildman–Crippen MR) is 102 cm³/mol. The number of rotatable bonds is 5. The van der Waals surface area contributed by atoms with Crippen LogP contribution in [0.3, 0.4) is 0 Å². The number of halogens is 1. The van der Waals surface area contributed by atoms with Crippen LogP contribution in [0.15, 0.2) is 47.8 Å². The van der Waals surface area contributed by atoms with E-state index in [1.807, 2.05) is 23.6 Å². The standard InChI is InChI=1S/C20H17FN2O3S/c21-15-5-2-13(3-6-15)17(24)11-22-20-23-16(12-27-20)14-4-7-18-19(10-14)26-9-1-8-25-18/h2-7,10,12H,1,8-9,11H2,(H,22,23). The second-order valence-electron chi connectivity index (χ2n) is 6.03. The maximum atomic E-state index is 12.9. The molecule has 0 aliphatic carbocycles. The van der Waals surface area contributed by atoms with Crippen LogP contribution in [0.5, 0.6) is 11.5 Å². The van der Waals surface area contributed by atoms with Crippen LogP contribution in [0.1, 0.15) is 16.8 Å². The molecule has 0 radical (unpaired) electrons. The summed E-state index contributed by atoms with van der Waals surface area (Å²) in [5, 5.41) is 5.59. The lowest BCUT2D eigenvalue weighted by molar-refractivity contribution is 0.101. The van der Waals surface area contributed by atoms with Gasteiger partial charge in [-0.1, -0.05) is 0 Å². The van der Waals surface area contributed by atoms with Crippen LogP contribution in [0, 0.1) is 5.82 Å². The summed E-state index contributed by atoms with van der Waals surface area (Å²) >= 11 is 1.42. The summed E-state index contributed by atoms with van der Waals surface area (Å²) in [7, 11) is 0. The first-order chi connectivity index (χ1) is 13.2. The number of benzene rings is 2. The van der Waals surface area contributed by atoms with Crippen LogP contribution in [-0.2, 0) is 0 Å². The van der Waals surface area contributed by atoms with Gasteiger partial charge in [-0.15, -0.1) is 11.3 Å². The fraction of sp³-hybridized carbons (Fsp3) is 0.200. The zero-order chi connectivity index (χ0) is 18.6. The van der Waals surface area contributed by atoms with E-state index in [0.717, 1.165) is 29.2 Å². The van der Waals surface area contributed by atoms with Crippen molar-refractivity contribution in [1.29, 1.82) is 0 Å². The van der Waals surface area contributed by atoms with Gasteiger partial charge in [0.15, 0.2) is 22.4 Å². The van der Waals surface area contributed by atoms with Crippen molar-refractivity contribution < 1.29 is 18.7 Å². The van der Waals surface area contributed by atoms with Crippen molar-refractivity contribution in [1.82, 2.24) is 4.98 Å². The molecule has 0 spiro atoms. The molecule has 138 valence electrons. The molecule has 0 fully saturated rings. The molecule has 1 aliphatic rings. The number of anilines is 1. The number of hydrogen-bond donors (Lipinski definition) is 1. The number of ether oxygens (including phenoxy) is 2. The van der Waals surface area contributed by atoms with Crippen molar-refractivity contribution in [3.63, 3.8) is 0 Å². The normalized spacial score (nSPS) is 13.1. The third kappa shape index (κ3) is 4.09. The van der Waals surface area contributed by atoms with E-state index in [4.69, 9.17) is 9.47 Å². The second-order valence-corrected chi connectivity index (χ2v) is 6.89. The lowest BCUT2D eigenvalue weighted by Crippen LogP contribution is -2.13. The number of fused-ring (bicyclic) bond motifs is 1. The Morgan fingerprint density at radius 2 is 1.89 bits per heavy atom. The Labute approximate surface area is 159 Å². The van der Waals surface area contributed by atoms with Crippen LogP contribution >= 0.6 is 11.3 Å². The minimum atomic E-state index is -0.362. The van der Waals surface area contributed by atoms with E-state index in [1.165, 1.54) is 35.6 Å². The van der Waals surface area contributed by atoms with E-state index >= 15 is 0 Å². The first kappa shape index (κ1) is 17.5. The molecule has 0 saturated heterocycles. The first-order valence-corrected chi connectivity index (χ1v) is 9.45. The van der Waals surface area contributed by atoms with E-state index in [9.17, 15) is 9.18 Å². The molecule has 2 aromatic carbocycles. The molecule has 0 amide bonds. The van der Waals surface area contributed by atoms with Gasteiger partial charge < -0.3 is 14.8 Å². The van der Waals surface area contributed by atoms with Gasteiger partial charge in [0.05, 0.1) is 25.5 Å².